The predicted octanol–water partition coefficient (Wildman–Crippen LogP) is 0.651. The first-order valence-corrected chi connectivity index (χ1v) is 6.72. The summed E-state index contributed by atoms with van der Waals surface area (Å²) in [6.07, 6.45) is 0. The second-order valence-corrected chi connectivity index (χ2v) is 5.92. The summed E-state index contributed by atoms with van der Waals surface area (Å²) in [6, 6.07) is 3.42. The molecule has 0 fully saturated rings. The van der Waals surface area contributed by atoms with E-state index in [9.17, 15) is 13.2 Å². The van der Waals surface area contributed by atoms with Crippen LogP contribution in [0.2, 0.25) is 5.02 Å². The normalized spacial score (nSPS) is 11.8. The van der Waals surface area contributed by atoms with Crippen LogP contribution in [0.15, 0.2) is 23.1 Å². The van der Waals surface area contributed by atoms with E-state index < -0.39 is 16.0 Å². The highest BCUT2D eigenvalue weighted by molar-refractivity contribution is 7.89. The third kappa shape index (κ3) is 2.99. The van der Waals surface area contributed by atoms with Gasteiger partial charge >= 0.3 is 5.97 Å². The Bertz CT molecular complexity index is 557. The molecule has 0 aliphatic carbocycles. The van der Waals surface area contributed by atoms with Crippen molar-refractivity contribution in [1.29, 1.82) is 0 Å². The molecule has 1 aromatic carbocycles. The Morgan fingerprint density at radius 3 is 2.56 bits per heavy atom. The van der Waals surface area contributed by atoms with Gasteiger partial charge in [0.2, 0.25) is 10.0 Å². The molecule has 0 radical (unpaired) electrons. The van der Waals surface area contributed by atoms with Gasteiger partial charge in [0.15, 0.2) is 0 Å². The Kier molecular flexibility index (Phi) is 4.69. The SMILES string of the molecule is CN(CCO)S(=O)(=O)c1cc(C(=O)O)ccc1Cl. The van der Waals surface area contributed by atoms with Crippen LogP contribution in [0.4, 0.5) is 0 Å². The predicted molar refractivity (Wildman–Crippen MR) is 65.3 cm³/mol. The first-order chi connectivity index (χ1) is 8.30. The molecule has 0 aliphatic rings. The van der Waals surface area contributed by atoms with Crippen molar-refractivity contribution >= 4 is 27.6 Å². The van der Waals surface area contributed by atoms with Crippen molar-refractivity contribution in [3.8, 4) is 0 Å². The molecule has 0 saturated heterocycles. The van der Waals surface area contributed by atoms with Crippen molar-refractivity contribution in [2.24, 2.45) is 0 Å². The third-order valence-electron chi connectivity index (χ3n) is 2.28. The van der Waals surface area contributed by atoms with E-state index in [1.54, 1.807) is 0 Å². The number of aromatic carboxylic acids is 1. The molecule has 0 aliphatic heterocycles. The number of carbonyl (C=O) groups is 1. The van der Waals surface area contributed by atoms with E-state index in [4.69, 9.17) is 21.8 Å². The molecule has 0 atom stereocenters. The lowest BCUT2D eigenvalue weighted by atomic mass is 10.2. The van der Waals surface area contributed by atoms with E-state index in [2.05, 4.69) is 0 Å². The fraction of sp³-hybridized carbons (Fsp3) is 0.300. The van der Waals surface area contributed by atoms with Gasteiger partial charge in [-0.15, -0.1) is 0 Å². The zero-order chi connectivity index (χ0) is 13.9. The van der Waals surface area contributed by atoms with Crippen molar-refractivity contribution in [2.45, 2.75) is 4.90 Å². The minimum absolute atomic E-state index is 0.0650. The molecule has 0 unspecified atom stereocenters. The van der Waals surface area contributed by atoms with Crippen LogP contribution in [0.1, 0.15) is 10.4 Å². The van der Waals surface area contributed by atoms with Gasteiger partial charge in [-0.1, -0.05) is 11.6 Å². The molecule has 6 nitrogen and oxygen atoms in total. The van der Waals surface area contributed by atoms with Crippen LogP contribution < -0.4 is 0 Å². The number of halogens is 1. The first kappa shape index (κ1) is 14.9. The van der Waals surface area contributed by atoms with Gasteiger partial charge < -0.3 is 10.2 Å². The zero-order valence-electron chi connectivity index (χ0n) is 9.50. The Hall–Kier alpha value is -1.15. The molecule has 2 N–H and O–H groups in total. The zero-order valence-corrected chi connectivity index (χ0v) is 11.1. The fourth-order valence-corrected chi connectivity index (χ4v) is 2.92. The van der Waals surface area contributed by atoms with Crippen LogP contribution in [0.5, 0.6) is 0 Å². The number of carboxylic acid groups (broad SMARTS) is 1. The monoisotopic (exact) mass is 293 g/mol. The number of sulfonamides is 1. The maximum atomic E-state index is 12.1. The average Bonchev–Trinajstić information content (AvgIpc) is 2.29. The fourth-order valence-electron chi connectivity index (χ4n) is 1.26. The van der Waals surface area contributed by atoms with Gasteiger partial charge in [0.05, 0.1) is 17.2 Å². The minimum atomic E-state index is -3.91. The lowest BCUT2D eigenvalue weighted by Crippen LogP contribution is -2.30. The molecule has 0 bridgehead atoms. The molecular weight excluding hydrogens is 282 g/mol. The molecule has 0 saturated carbocycles. The number of hydrogen-bond acceptors (Lipinski definition) is 4. The van der Waals surface area contributed by atoms with Crippen LogP contribution in [-0.4, -0.2) is 49.1 Å². The van der Waals surface area contributed by atoms with Gasteiger partial charge in [0.1, 0.15) is 4.90 Å². The molecule has 100 valence electrons. The summed E-state index contributed by atoms with van der Waals surface area (Å²) in [5, 5.41) is 17.5. The van der Waals surface area contributed by atoms with Gasteiger partial charge in [0.25, 0.3) is 0 Å². The second kappa shape index (κ2) is 5.66. The lowest BCUT2D eigenvalue weighted by molar-refractivity contribution is 0.0696. The van der Waals surface area contributed by atoms with Crippen molar-refractivity contribution in [3.63, 3.8) is 0 Å². The summed E-state index contributed by atoms with van der Waals surface area (Å²) in [6.45, 7) is -0.443. The summed E-state index contributed by atoms with van der Waals surface area (Å²) >= 11 is 5.77. The smallest absolute Gasteiger partial charge is 0.335 e. The number of hydrogen-bond donors (Lipinski definition) is 2. The number of aliphatic hydroxyl groups is 1. The molecule has 0 amide bonds. The van der Waals surface area contributed by atoms with Gasteiger partial charge in [-0.3, -0.25) is 0 Å². The number of carboxylic acids is 1. The quantitative estimate of drug-likeness (QED) is 0.831. The topological polar surface area (TPSA) is 94.9 Å². The molecule has 18 heavy (non-hydrogen) atoms. The second-order valence-electron chi connectivity index (χ2n) is 3.50. The Morgan fingerprint density at radius 2 is 2.06 bits per heavy atom. The largest absolute Gasteiger partial charge is 0.478 e. The molecule has 8 heteroatoms. The van der Waals surface area contributed by atoms with Gasteiger partial charge in [-0.25, -0.2) is 13.2 Å². The number of nitrogens with zero attached hydrogens (tertiary/aromatic N) is 1. The van der Waals surface area contributed by atoms with Crippen molar-refractivity contribution in [3.05, 3.63) is 28.8 Å². The highest BCUT2D eigenvalue weighted by atomic mass is 35.5. The summed E-state index contributed by atoms with van der Waals surface area (Å²) in [5.41, 5.74) is -0.171. The first-order valence-electron chi connectivity index (χ1n) is 4.90. The number of rotatable bonds is 5. The van der Waals surface area contributed by atoms with Crippen LogP contribution in [-0.2, 0) is 10.0 Å². The van der Waals surface area contributed by atoms with Crippen LogP contribution >= 0.6 is 11.6 Å². The number of likely N-dealkylation sites (N-methyl/N-ethyl adjacent to an activating group) is 1. The highest BCUT2D eigenvalue weighted by Gasteiger charge is 2.24. The van der Waals surface area contributed by atoms with Crippen molar-refractivity contribution < 1.29 is 23.4 Å². The molecule has 0 spiro atoms. The number of aliphatic hydroxyl groups excluding tert-OH is 1. The van der Waals surface area contributed by atoms with Crippen LogP contribution in [0.3, 0.4) is 0 Å². The summed E-state index contributed by atoms with van der Waals surface area (Å²) in [4.78, 5) is 10.5. The molecule has 0 aromatic heterocycles. The molecule has 1 aromatic rings. The van der Waals surface area contributed by atoms with Crippen LogP contribution in [0.25, 0.3) is 0 Å². The maximum absolute atomic E-state index is 12.1. The van der Waals surface area contributed by atoms with Crippen molar-refractivity contribution in [1.82, 2.24) is 4.31 Å². The van der Waals surface area contributed by atoms with Gasteiger partial charge in [0, 0.05) is 13.6 Å². The highest BCUT2D eigenvalue weighted by Crippen LogP contribution is 2.25. The minimum Gasteiger partial charge on any atom is -0.478 e. The van der Waals surface area contributed by atoms with E-state index in [0.29, 0.717) is 0 Å². The van der Waals surface area contributed by atoms with Crippen molar-refractivity contribution in [2.75, 3.05) is 20.2 Å². The maximum Gasteiger partial charge on any atom is 0.335 e. The van der Waals surface area contributed by atoms with E-state index in [1.807, 2.05) is 0 Å². The van der Waals surface area contributed by atoms with Gasteiger partial charge in [-0.2, -0.15) is 4.31 Å². The average molecular weight is 294 g/mol. The Morgan fingerprint density at radius 1 is 1.44 bits per heavy atom. The standard InChI is InChI=1S/C10H12ClNO5S/c1-12(4-5-13)18(16,17)9-6-7(10(14)15)2-3-8(9)11/h2-3,6,13H,4-5H2,1H3,(H,14,15). The lowest BCUT2D eigenvalue weighted by Gasteiger charge is -2.17. The van der Waals surface area contributed by atoms with E-state index in [0.717, 1.165) is 10.4 Å². The molecular formula is C10H12ClNO5S. The third-order valence-corrected chi connectivity index (χ3v) is 4.62. The Balaban J connectivity index is 3.31. The van der Waals surface area contributed by atoms with E-state index in [-0.39, 0.29) is 28.6 Å². The van der Waals surface area contributed by atoms with Crippen LogP contribution in [0, 0.1) is 0 Å². The van der Waals surface area contributed by atoms with E-state index in [1.165, 1.54) is 19.2 Å². The summed E-state index contributed by atoms with van der Waals surface area (Å²) in [5.74, 6) is -1.24. The Labute approximate surface area is 109 Å². The number of benzene rings is 1. The molecule has 0 heterocycles. The van der Waals surface area contributed by atoms with Gasteiger partial charge in [-0.05, 0) is 18.2 Å². The summed E-state index contributed by atoms with van der Waals surface area (Å²) < 4.78 is 25.0. The summed E-state index contributed by atoms with van der Waals surface area (Å²) in [7, 11) is -2.64. The van der Waals surface area contributed by atoms with E-state index >= 15 is 0 Å². The molecule has 1 rings (SSSR count).